The van der Waals surface area contributed by atoms with Gasteiger partial charge in [-0.05, 0) is 37.5 Å². The Bertz CT molecular complexity index is 418. The summed E-state index contributed by atoms with van der Waals surface area (Å²) in [6.07, 6.45) is 2.20. The Balaban J connectivity index is 2.80. The van der Waals surface area contributed by atoms with Gasteiger partial charge in [0.05, 0.1) is 5.56 Å². The minimum Gasteiger partial charge on any atom is -0.399 e. The van der Waals surface area contributed by atoms with Crippen LogP contribution in [0.15, 0.2) is 18.2 Å². The van der Waals surface area contributed by atoms with Crippen LogP contribution in [0.5, 0.6) is 0 Å². The van der Waals surface area contributed by atoms with Gasteiger partial charge in [-0.25, -0.2) is 0 Å². The Morgan fingerprint density at radius 1 is 1.39 bits per heavy atom. The highest BCUT2D eigenvalue weighted by atomic mass is 16.1. The van der Waals surface area contributed by atoms with Crippen LogP contribution in [-0.4, -0.2) is 11.9 Å². The van der Waals surface area contributed by atoms with E-state index in [1.807, 2.05) is 6.07 Å². The zero-order valence-electron chi connectivity index (χ0n) is 11.4. The van der Waals surface area contributed by atoms with E-state index in [9.17, 15) is 4.79 Å². The van der Waals surface area contributed by atoms with E-state index >= 15 is 0 Å². The maximum Gasteiger partial charge on any atom is 0.250 e. The fourth-order valence-corrected chi connectivity index (χ4v) is 1.99. The molecule has 0 saturated carbocycles. The molecule has 0 bridgehead atoms. The molecule has 0 heterocycles. The van der Waals surface area contributed by atoms with Crippen LogP contribution in [0.1, 0.15) is 44.0 Å². The van der Waals surface area contributed by atoms with Gasteiger partial charge in [-0.1, -0.05) is 20.3 Å². The Morgan fingerprint density at radius 2 is 2.06 bits per heavy atom. The fraction of sp³-hybridized carbons (Fsp3) is 0.500. The maximum atomic E-state index is 11.4. The molecule has 0 aliphatic heterocycles. The summed E-state index contributed by atoms with van der Waals surface area (Å²) in [4.78, 5) is 11.4. The molecule has 2 unspecified atom stereocenters. The van der Waals surface area contributed by atoms with E-state index in [1.54, 1.807) is 12.1 Å². The van der Waals surface area contributed by atoms with Crippen molar-refractivity contribution in [2.75, 3.05) is 11.1 Å². The molecule has 0 radical (unpaired) electrons. The topological polar surface area (TPSA) is 81.1 Å². The number of primary amides is 1. The van der Waals surface area contributed by atoms with E-state index in [-0.39, 0.29) is 0 Å². The summed E-state index contributed by atoms with van der Waals surface area (Å²) in [7, 11) is 0. The molecule has 0 aromatic heterocycles. The largest absolute Gasteiger partial charge is 0.399 e. The minimum absolute atomic E-state index is 0.293. The number of hydrogen-bond donors (Lipinski definition) is 3. The summed E-state index contributed by atoms with van der Waals surface area (Å²) in [6.45, 7) is 6.50. The SMILES string of the molecule is CCC(C)CC(C)Nc1ccc(N)cc1C(N)=O. The van der Waals surface area contributed by atoms with Crippen molar-refractivity contribution in [2.24, 2.45) is 11.7 Å². The fourth-order valence-electron chi connectivity index (χ4n) is 1.99. The second kappa shape index (κ2) is 6.28. The molecular weight excluding hydrogens is 226 g/mol. The van der Waals surface area contributed by atoms with Gasteiger partial charge in [0.1, 0.15) is 0 Å². The highest BCUT2D eigenvalue weighted by Crippen LogP contribution is 2.21. The lowest BCUT2D eigenvalue weighted by atomic mass is 10.00. The molecule has 2 atom stereocenters. The molecule has 0 aliphatic carbocycles. The zero-order valence-corrected chi connectivity index (χ0v) is 11.4. The van der Waals surface area contributed by atoms with E-state index in [0.29, 0.717) is 23.2 Å². The van der Waals surface area contributed by atoms with Gasteiger partial charge in [0.2, 0.25) is 0 Å². The van der Waals surface area contributed by atoms with Crippen LogP contribution in [0.4, 0.5) is 11.4 Å². The predicted molar refractivity (Wildman–Crippen MR) is 76.5 cm³/mol. The van der Waals surface area contributed by atoms with Crippen LogP contribution in [0, 0.1) is 5.92 Å². The molecule has 5 N–H and O–H groups in total. The van der Waals surface area contributed by atoms with Crippen LogP contribution >= 0.6 is 0 Å². The van der Waals surface area contributed by atoms with Crippen molar-refractivity contribution in [3.8, 4) is 0 Å². The minimum atomic E-state index is -0.458. The van der Waals surface area contributed by atoms with Crippen molar-refractivity contribution < 1.29 is 4.79 Å². The molecule has 0 spiro atoms. The summed E-state index contributed by atoms with van der Waals surface area (Å²) >= 11 is 0. The Kier molecular flexibility index (Phi) is 5.01. The third-order valence-corrected chi connectivity index (χ3v) is 3.16. The molecule has 1 aromatic carbocycles. The van der Waals surface area contributed by atoms with Crippen molar-refractivity contribution in [1.29, 1.82) is 0 Å². The average molecular weight is 249 g/mol. The van der Waals surface area contributed by atoms with Crippen LogP contribution in [0.25, 0.3) is 0 Å². The third kappa shape index (κ3) is 3.95. The number of nitrogen functional groups attached to an aromatic ring is 1. The molecule has 18 heavy (non-hydrogen) atoms. The number of carbonyl (C=O) groups is 1. The summed E-state index contributed by atoms with van der Waals surface area (Å²) in [5.74, 6) is 0.193. The van der Waals surface area contributed by atoms with Crippen LogP contribution in [0.2, 0.25) is 0 Å². The lowest BCUT2D eigenvalue weighted by Crippen LogP contribution is -2.21. The molecule has 4 heteroatoms. The summed E-state index contributed by atoms with van der Waals surface area (Å²) in [6, 6.07) is 5.48. The molecule has 0 fully saturated rings. The first kappa shape index (κ1) is 14.4. The zero-order chi connectivity index (χ0) is 13.7. The van der Waals surface area contributed by atoms with Gasteiger partial charge >= 0.3 is 0 Å². The predicted octanol–water partition coefficient (Wildman–Crippen LogP) is 2.60. The third-order valence-electron chi connectivity index (χ3n) is 3.16. The van der Waals surface area contributed by atoms with E-state index in [2.05, 4.69) is 26.1 Å². The van der Waals surface area contributed by atoms with E-state index in [1.165, 1.54) is 0 Å². The molecular formula is C14H23N3O. The molecule has 100 valence electrons. The summed E-state index contributed by atoms with van der Waals surface area (Å²) < 4.78 is 0. The van der Waals surface area contributed by atoms with Gasteiger partial charge in [-0.2, -0.15) is 0 Å². The highest BCUT2D eigenvalue weighted by Gasteiger charge is 2.12. The summed E-state index contributed by atoms with van der Waals surface area (Å²) in [5, 5.41) is 3.33. The van der Waals surface area contributed by atoms with Crippen molar-refractivity contribution in [1.82, 2.24) is 0 Å². The first-order valence-corrected chi connectivity index (χ1v) is 6.39. The second-order valence-electron chi connectivity index (χ2n) is 4.96. The van der Waals surface area contributed by atoms with E-state index in [4.69, 9.17) is 11.5 Å². The summed E-state index contributed by atoms with van der Waals surface area (Å²) in [5.41, 5.74) is 12.8. The number of carbonyl (C=O) groups excluding carboxylic acids is 1. The number of nitrogens with two attached hydrogens (primary N) is 2. The lowest BCUT2D eigenvalue weighted by molar-refractivity contribution is 0.100. The van der Waals surface area contributed by atoms with Crippen LogP contribution in [-0.2, 0) is 0 Å². The maximum absolute atomic E-state index is 11.4. The normalized spacial score (nSPS) is 13.9. The molecule has 1 amide bonds. The first-order valence-electron chi connectivity index (χ1n) is 6.39. The Morgan fingerprint density at radius 3 is 2.61 bits per heavy atom. The second-order valence-corrected chi connectivity index (χ2v) is 4.96. The standard InChI is InChI=1S/C14H23N3O/c1-4-9(2)7-10(3)17-13-6-5-11(15)8-12(13)14(16)18/h5-6,8-10,17H,4,7,15H2,1-3H3,(H2,16,18). The number of rotatable bonds is 6. The number of hydrogen-bond acceptors (Lipinski definition) is 3. The number of nitrogens with one attached hydrogen (secondary N) is 1. The smallest absolute Gasteiger partial charge is 0.250 e. The van der Waals surface area contributed by atoms with Gasteiger partial charge in [0.15, 0.2) is 0 Å². The van der Waals surface area contributed by atoms with Crippen molar-refractivity contribution in [3.05, 3.63) is 23.8 Å². The van der Waals surface area contributed by atoms with Crippen LogP contribution < -0.4 is 16.8 Å². The molecule has 0 saturated heterocycles. The number of amides is 1. The van der Waals surface area contributed by atoms with Gasteiger partial charge in [-0.3, -0.25) is 4.79 Å². The highest BCUT2D eigenvalue weighted by molar-refractivity contribution is 5.99. The molecule has 1 rings (SSSR count). The lowest BCUT2D eigenvalue weighted by Gasteiger charge is -2.20. The first-order chi connectivity index (χ1) is 8.43. The van der Waals surface area contributed by atoms with Crippen LogP contribution in [0.3, 0.4) is 0 Å². The van der Waals surface area contributed by atoms with Crippen molar-refractivity contribution >= 4 is 17.3 Å². The van der Waals surface area contributed by atoms with Gasteiger partial charge in [0.25, 0.3) is 5.91 Å². The Labute approximate surface area is 109 Å². The molecule has 0 aliphatic rings. The quantitative estimate of drug-likeness (QED) is 0.678. The van der Waals surface area contributed by atoms with Gasteiger partial charge < -0.3 is 16.8 Å². The number of anilines is 2. The molecule has 1 aromatic rings. The average Bonchev–Trinajstić information content (AvgIpc) is 2.30. The Hall–Kier alpha value is -1.71. The van der Waals surface area contributed by atoms with Crippen molar-refractivity contribution in [2.45, 2.75) is 39.7 Å². The van der Waals surface area contributed by atoms with E-state index < -0.39 is 5.91 Å². The van der Waals surface area contributed by atoms with Crippen molar-refractivity contribution in [3.63, 3.8) is 0 Å². The molecule has 4 nitrogen and oxygen atoms in total. The van der Waals surface area contributed by atoms with Gasteiger partial charge in [-0.15, -0.1) is 0 Å². The number of benzene rings is 1. The van der Waals surface area contributed by atoms with Gasteiger partial charge in [0, 0.05) is 17.4 Å². The van der Waals surface area contributed by atoms with E-state index in [0.717, 1.165) is 18.5 Å². The monoisotopic (exact) mass is 249 g/mol.